The van der Waals surface area contributed by atoms with Crippen molar-refractivity contribution in [1.82, 2.24) is 9.55 Å². The minimum atomic E-state index is 0.0702. The molecule has 0 unspecified atom stereocenters. The van der Waals surface area contributed by atoms with Gasteiger partial charge in [-0.25, -0.2) is 0 Å². The Labute approximate surface area is 182 Å². The van der Waals surface area contributed by atoms with Crippen LogP contribution in [0, 0.1) is 13.8 Å². The van der Waals surface area contributed by atoms with Gasteiger partial charge < -0.3 is 9.55 Å². The van der Waals surface area contributed by atoms with Crippen molar-refractivity contribution in [2.24, 2.45) is 0 Å². The molecule has 0 aliphatic carbocycles. The Kier molecular flexibility index (Phi) is 4.59. The van der Waals surface area contributed by atoms with Gasteiger partial charge in [-0.1, -0.05) is 66.2 Å². The van der Waals surface area contributed by atoms with E-state index < -0.39 is 0 Å². The minimum absolute atomic E-state index is 0.0702. The Morgan fingerprint density at radius 3 is 2.23 bits per heavy atom. The smallest absolute Gasteiger partial charge is 0.162 e. The zero-order chi connectivity index (χ0) is 21.5. The molecule has 152 valence electrons. The van der Waals surface area contributed by atoms with Crippen LogP contribution >= 0.6 is 0 Å². The second-order valence-corrected chi connectivity index (χ2v) is 8.03. The molecular weight excluding hydrogens is 380 g/mol. The summed E-state index contributed by atoms with van der Waals surface area (Å²) < 4.78 is 2.22. The van der Waals surface area contributed by atoms with Gasteiger partial charge in [-0.3, -0.25) is 4.79 Å². The van der Waals surface area contributed by atoms with Gasteiger partial charge in [0.2, 0.25) is 0 Å². The number of hydrogen-bond donors (Lipinski definition) is 1. The topological polar surface area (TPSA) is 37.8 Å². The molecule has 3 nitrogen and oxygen atoms in total. The Hall–Kier alpha value is -3.85. The number of aromatic nitrogens is 2. The van der Waals surface area contributed by atoms with Gasteiger partial charge in [0.25, 0.3) is 0 Å². The lowest BCUT2D eigenvalue weighted by Crippen LogP contribution is -2.01. The van der Waals surface area contributed by atoms with Crippen molar-refractivity contribution in [2.45, 2.75) is 20.8 Å². The first-order valence-corrected chi connectivity index (χ1v) is 10.5. The third-order valence-corrected chi connectivity index (χ3v) is 5.96. The highest BCUT2D eigenvalue weighted by atomic mass is 16.1. The molecule has 3 aromatic carbocycles. The Balaban J connectivity index is 1.94. The van der Waals surface area contributed by atoms with Crippen LogP contribution in [-0.2, 0) is 0 Å². The lowest BCUT2D eigenvalue weighted by Gasteiger charge is -2.14. The van der Waals surface area contributed by atoms with Crippen LogP contribution in [0.25, 0.3) is 39.0 Å². The molecular formula is C28H24N2O. The van der Waals surface area contributed by atoms with Crippen molar-refractivity contribution in [3.05, 3.63) is 102 Å². The quantitative estimate of drug-likeness (QED) is 0.318. The largest absolute Gasteiger partial charge is 0.361 e. The number of ketones is 1. The van der Waals surface area contributed by atoms with Gasteiger partial charge in [-0.05, 0) is 44.5 Å². The van der Waals surface area contributed by atoms with Crippen molar-refractivity contribution >= 4 is 16.7 Å². The first-order chi connectivity index (χ1) is 15.1. The minimum Gasteiger partial charge on any atom is -0.361 e. The molecule has 0 aliphatic rings. The standard InChI is InChI=1S/C28H24N2O/c1-18-13-15-22(16-14-18)30-19(2)26(20(3)31)27(28(30)21-9-5-4-6-10-21)24-17-29-25-12-8-7-11-23(24)25/h4-17,29H,1-3H3. The third-order valence-electron chi connectivity index (χ3n) is 5.96. The van der Waals surface area contributed by atoms with Crippen LogP contribution in [0.3, 0.4) is 0 Å². The van der Waals surface area contributed by atoms with E-state index >= 15 is 0 Å². The Bertz CT molecular complexity index is 1400. The van der Waals surface area contributed by atoms with Gasteiger partial charge in [0.15, 0.2) is 5.78 Å². The second-order valence-electron chi connectivity index (χ2n) is 8.03. The van der Waals surface area contributed by atoms with Crippen LogP contribution in [0.15, 0.2) is 85.1 Å². The van der Waals surface area contributed by atoms with Crippen molar-refractivity contribution < 1.29 is 4.79 Å². The number of carbonyl (C=O) groups is 1. The Morgan fingerprint density at radius 2 is 1.52 bits per heavy atom. The van der Waals surface area contributed by atoms with Gasteiger partial charge >= 0.3 is 0 Å². The number of H-pyrrole nitrogens is 1. The maximum atomic E-state index is 13.0. The molecule has 1 N–H and O–H groups in total. The highest BCUT2D eigenvalue weighted by Crippen LogP contribution is 2.43. The van der Waals surface area contributed by atoms with Gasteiger partial charge in [0.05, 0.1) is 5.69 Å². The van der Waals surface area contributed by atoms with E-state index in [0.29, 0.717) is 0 Å². The summed E-state index contributed by atoms with van der Waals surface area (Å²) in [5.74, 6) is 0.0702. The van der Waals surface area contributed by atoms with E-state index in [2.05, 4.69) is 65.0 Å². The van der Waals surface area contributed by atoms with Crippen LogP contribution in [-0.4, -0.2) is 15.3 Å². The fourth-order valence-electron chi connectivity index (χ4n) is 4.55. The van der Waals surface area contributed by atoms with Gasteiger partial charge in [-0.2, -0.15) is 0 Å². The number of aromatic amines is 1. The van der Waals surface area contributed by atoms with Crippen molar-refractivity contribution in [2.75, 3.05) is 0 Å². The van der Waals surface area contributed by atoms with Crippen LogP contribution in [0.5, 0.6) is 0 Å². The molecule has 2 aromatic heterocycles. The Morgan fingerprint density at radius 1 is 0.839 bits per heavy atom. The number of Topliss-reactive ketones (excluding diaryl/α,β-unsaturated/α-hetero) is 1. The molecule has 5 rings (SSSR count). The van der Waals surface area contributed by atoms with E-state index in [1.807, 2.05) is 43.5 Å². The molecule has 0 radical (unpaired) electrons. The number of carbonyl (C=O) groups excluding carboxylic acids is 1. The molecule has 2 heterocycles. The molecule has 0 saturated carbocycles. The van der Waals surface area contributed by atoms with E-state index in [0.717, 1.165) is 50.2 Å². The maximum Gasteiger partial charge on any atom is 0.162 e. The van der Waals surface area contributed by atoms with Gasteiger partial charge in [0, 0.05) is 45.2 Å². The summed E-state index contributed by atoms with van der Waals surface area (Å²) in [6.45, 7) is 5.79. The average molecular weight is 405 g/mol. The summed E-state index contributed by atoms with van der Waals surface area (Å²) in [4.78, 5) is 16.4. The fourth-order valence-corrected chi connectivity index (χ4v) is 4.55. The summed E-state index contributed by atoms with van der Waals surface area (Å²) in [7, 11) is 0. The van der Waals surface area contributed by atoms with Crippen LogP contribution in [0.4, 0.5) is 0 Å². The summed E-state index contributed by atoms with van der Waals surface area (Å²) >= 11 is 0. The van der Waals surface area contributed by atoms with E-state index in [9.17, 15) is 4.79 Å². The number of benzene rings is 3. The molecule has 3 heteroatoms. The van der Waals surface area contributed by atoms with E-state index in [1.165, 1.54) is 5.56 Å². The predicted octanol–water partition coefficient (Wildman–Crippen LogP) is 7.11. The summed E-state index contributed by atoms with van der Waals surface area (Å²) in [5, 5.41) is 1.11. The van der Waals surface area contributed by atoms with Crippen LogP contribution < -0.4 is 0 Å². The molecule has 0 aliphatic heterocycles. The third kappa shape index (κ3) is 3.10. The molecule has 0 saturated heterocycles. The molecule has 0 bridgehead atoms. The second kappa shape index (κ2) is 7.44. The predicted molar refractivity (Wildman–Crippen MR) is 128 cm³/mol. The fraction of sp³-hybridized carbons (Fsp3) is 0.107. The van der Waals surface area contributed by atoms with Crippen molar-refractivity contribution in [1.29, 1.82) is 0 Å². The van der Waals surface area contributed by atoms with Crippen molar-refractivity contribution in [3.8, 4) is 28.1 Å². The van der Waals surface area contributed by atoms with E-state index in [1.54, 1.807) is 6.92 Å². The van der Waals surface area contributed by atoms with Crippen LogP contribution in [0.2, 0.25) is 0 Å². The number of nitrogens with zero attached hydrogens (tertiary/aromatic N) is 1. The molecule has 0 atom stereocenters. The highest BCUT2D eigenvalue weighted by molar-refractivity contribution is 6.11. The SMILES string of the molecule is CC(=O)c1c(-c2c[nH]c3ccccc23)c(-c2ccccc2)n(-c2ccc(C)cc2)c1C. The molecule has 0 spiro atoms. The highest BCUT2D eigenvalue weighted by Gasteiger charge is 2.27. The molecule has 31 heavy (non-hydrogen) atoms. The number of hydrogen-bond acceptors (Lipinski definition) is 1. The first kappa shape index (κ1) is 19.1. The summed E-state index contributed by atoms with van der Waals surface area (Å²) in [6.07, 6.45) is 2.03. The first-order valence-electron chi connectivity index (χ1n) is 10.5. The lowest BCUT2D eigenvalue weighted by molar-refractivity contribution is 0.101. The zero-order valence-corrected chi connectivity index (χ0v) is 17.9. The van der Waals surface area contributed by atoms with E-state index in [4.69, 9.17) is 0 Å². The lowest BCUT2D eigenvalue weighted by atomic mass is 9.95. The number of aryl methyl sites for hydroxylation is 1. The van der Waals surface area contributed by atoms with Gasteiger partial charge in [-0.15, -0.1) is 0 Å². The van der Waals surface area contributed by atoms with E-state index in [-0.39, 0.29) is 5.78 Å². The average Bonchev–Trinajstić information content (AvgIpc) is 3.33. The monoisotopic (exact) mass is 404 g/mol. The van der Waals surface area contributed by atoms with Gasteiger partial charge in [0.1, 0.15) is 0 Å². The molecule has 0 fully saturated rings. The number of para-hydroxylation sites is 1. The summed E-state index contributed by atoms with van der Waals surface area (Å²) in [6, 6.07) is 27.1. The van der Waals surface area contributed by atoms with Crippen LogP contribution in [0.1, 0.15) is 28.5 Å². The summed E-state index contributed by atoms with van der Waals surface area (Å²) in [5.41, 5.74) is 9.19. The molecule has 5 aromatic rings. The number of nitrogens with one attached hydrogen (secondary N) is 1. The number of rotatable bonds is 4. The number of fused-ring (bicyclic) bond motifs is 1. The molecule has 0 amide bonds. The normalized spacial score (nSPS) is 11.2. The van der Waals surface area contributed by atoms with Crippen molar-refractivity contribution in [3.63, 3.8) is 0 Å². The maximum absolute atomic E-state index is 13.0. The zero-order valence-electron chi connectivity index (χ0n) is 17.9.